The fourth-order valence-electron chi connectivity index (χ4n) is 2.24. The molecular weight excluding hydrogens is 320 g/mol. The maximum atomic E-state index is 12.9. The van der Waals surface area contributed by atoms with Crippen molar-refractivity contribution in [2.24, 2.45) is 0 Å². The lowest BCUT2D eigenvalue weighted by Gasteiger charge is -2.28. The van der Waals surface area contributed by atoms with Crippen molar-refractivity contribution in [3.8, 4) is 11.5 Å². The molecule has 1 aromatic heterocycles. The van der Waals surface area contributed by atoms with Crippen LogP contribution in [0.15, 0.2) is 36.5 Å². The first kappa shape index (κ1) is 18.6. The van der Waals surface area contributed by atoms with E-state index < -0.39 is 11.7 Å². The second-order valence-corrected chi connectivity index (χ2v) is 6.54. The minimum atomic E-state index is -0.640. The van der Waals surface area contributed by atoms with Gasteiger partial charge in [0.05, 0.1) is 19.9 Å². The van der Waals surface area contributed by atoms with E-state index in [4.69, 9.17) is 14.2 Å². The Morgan fingerprint density at radius 2 is 1.80 bits per heavy atom. The number of hydrogen-bond donors (Lipinski definition) is 0. The monoisotopic (exact) mass is 344 g/mol. The van der Waals surface area contributed by atoms with E-state index in [0.717, 1.165) is 5.56 Å². The van der Waals surface area contributed by atoms with Crippen LogP contribution >= 0.6 is 0 Å². The molecule has 6 nitrogen and oxygen atoms in total. The fraction of sp³-hybridized carbons (Fsp3) is 0.368. The van der Waals surface area contributed by atoms with Gasteiger partial charge in [0, 0.05) is 12.3 Å². The van der Waals surface area contributed by atoms with Gasteiger partial charge in [-0.15, -0.1) is 0 Å². The van der Waals surface area contributed by atoms with Crippen molar-refractivity contribution in [2.75, 3.05) is 19.1 Å². The van der Waals surface area contributed by atoms with E-state index in [2.05, 4.69) is 4.98 Å². The Bertz CT molecular complexity index is 753. The van der Waals surface area contributed by atoms with Crippen molar-refractivity contribution in [1.29, 1.82) is 0 Å². The zero-order chi connectivity index (χ0) is 18.6. The maximum Gasteiger partial charge on any atom is 0.420 e. The molecule has 0 saturated carbocycles. The Balaban J connectivity index is 2.57. The number of ether oxygens (including phenoxy) is 3. The van der Waals surface area contributed by atoms with Gasteiger partial charge >= 0.3 is 6.09 Å². The Hall–Kier alpha value is -2.76. The summed E-state index contributed by atoms with van der Waals surface area (Å²) in [4.78, 5) is 18.6. The van der Waals surface area contributed by atoms with Gasteiger partial charge in [-0.25, -0.2) is 14.7 Å². The lowest BCUT2D eigenvalue weighted by Crippen LogP contribution is -2.34. The van der Waals surface area contributed by atoms with Crippen LogP contribution in [0.3, 0.4) is 0 Å². The van der Waals surface area contributed by atoms with Crippen LogP contribution in [0.25, 0.3) is 0 Å². The molecule has 0 spiro atoms. The normalized spacial score (nSPS) is 11.0. The number of amides is 1. The van der Waals surface area contributed by atoms with Crippen molar-refractivity contribution in [3.05, 3.63) is 42.1 Å². The molecule has 25 heavy (non-hydrogen) atoms. The van der Waals surface area contributed by atoms with Gasteiger partial charge in [0.2, 0.25) is 0 Å². The number of aromatic nitrogens is 1. The van der Waals surface area contributed by atoms with E-state index in [9.17, 15) is 4.79 Å². The highest BCUT2D eigenvalue weighted by atomic mass is 16.6. The van der Waals surface area contributed by atoms with Crippen LogP contribution in [0.5, 0.6) is 11.5 Å². The fourth-order valence-corrected chi connectivity index (χ4v) is 2.24. The predicted molar refractivity (Wildman–Crippen MR) is 96.9 cm³/mol. The summed E-state index contributed by atoms with van der Waals surface area (Å²) in [5.74, 6) is 1.56. The standard InChI is InChI=1S/C19H24N2O4/c1-13-9-10-20-17(11-13)21(18(22)25-19(2,3)4)15-8-7-14(23-5)12-16(15)24-6/h7-12H,1-6H3. The largest absolute Gasteiger partial charge is 0.497 e. The van der Waals surface area contributed by atoms with Crippen molar-refractivity contribution < 1.29 is 19.0 Å². The van der Waals surface area contributed by atoms with Gasteiger partial charge in [-0.1, -0.05) is 0 Å². The second kappa shape index (κ2) is 7.42. The number of carbonyl (C=O) groups is 1. The summed E-state index contributed by atoms with van der Waals surface area (Å²) < 4.78 is 16.2. The van der Waals surface area contributed by atoms with E-state index in [0.29, 0.717) is 23.0 Å². The average Bonchev–Trinajstić information content (AvgIpc) is 2.53. The molecule has 0 bridgehead atoms. The van der Waals surface area contributed by atoms with E-state index >= 15 is 0 Å². The molecule has 2 rings (SSSR count). The Morgan fingerprint density at radius 3 is 2.36 bits per heavy atom. The number of nitrogens with zero attached hydrogens (tertiary/aromatic N) is 2. The third-order valence-corrected chi connectivity index (χ3v) is 3.33. The van der Waals surface area contributed by atoms with Crippen molar-refractivity contribution in [3.63, 3.8) is 0 Å². The number of hydrogen-bond acceptors (Lipinski definition) is 5. The number of rotatable bonds is 4. The van der Waals surface area contributed by atoms with E-state index in [-0.39, 0.29) is 0 Å². The third kappa shape index (κ3) is 4.62. The van der Waals surface area contributed by atoms with Gasteiger partial charge in [0.1, 0.15) is 22.9 Å². The number of carbonyl (C=O) groups excluding carboxylic acids is 1. The number of pyridine rings is 1. The lowest BCUT2D eigenvalue weighted by molar-refractivity contribution is 0.0597. The SMILES string of the molecule is COc1ccc(N(C(=O)OC(C)(C)C)c2cc(C)ccn2)c(OC)c1. The van der Waals surface area contributed by atoms with Crippen LogP contribution < -0.4 is 14.4 Å². The minimum absolute atomic E-state index is 0.456. The van der Waals surface area contributed by atoms with Crippen LogP contribution in [0, 0.1) is 6.92 Å². The molecule has 1 heterocycles. The van der Waals surface area contributed by atoms with Crippen molar-refractivity contribution >= 4 is 17.6 Å². The molecule has 1 aromatic carbocycles. The van der Waals surface area contributed by atoms with Gasteiger partial charge < -0.3 is 14.2 Å². The maximum absolute atomic E-state index is 12.9. The van der Waals surface area contributed by atoms with Crippen LogP contribution in [0.2, 0.25) is 0 Å². The van der Waals surface area contributed by atoms with Crippen LogP contribution in [0.1, 0.15) is 26.3 Å². The van der Waals surface area contributed by atoms with Crippen LogP contribution in [-0.2, 0) is 4.74 Å². The molecule has 0 fully saturated rings. The lowest BCUT2D eigenvalue weighted by atomic mass is 10.2. The first-order valence-electron chi connectivity index (χ1n) is 7.93. The van der Waals surface area contributed by atoms with Crippen LogP contribution in [0.4, 0.5) is 16.3 Å². The zero-order valence-corrected chi connectivity index (χ0v) is 15.5. The van der Waals surface area contributed by atoms with Gasteiger partial charge in [-0.2, -0.15) is 0 Å². The Morgan fingerprint density at radius 1 is 1.08 bits per heavy atom. The van der Waals surface area contributed by atoms with Crippen LogP contribution in [-0.4, -0.2) is 30.9 Å². The molecule has 0 unspecified atom stereocenters. The third-order valence-electron chi connectivity index (χ3n) is 3.33. The van der Waals surface area contributed by atoms with Crippen molar-refractivity contribution in [1.82, 2.24) is 4.98 Å². The predicted octanol–water partition coefficient (Wildman–Crippen LogP) is 4.48. The highest BCUT2D eigenvalue weighted by Gasteiger charge is 2.28. The number of aryl methyl sites for hydroxylation is 1. The molecular formula is C19H24N2O4. The highest BCUT2D eigenvalue weighted by molar-refractivity contribution is 5.97. The van der Waals surface area contributed by atoms with E-state index in [1.807, 2.05) is 39.8 Å². The molecule has 0 aliphatic heterocycles. The molecule has 0 aliphatic carbocycles. The summed E-state index contributed by atoms with van der Waals surface area (Å²) >= 11 is 0. The number of benzene rings is 1. The van der Waals surface area contributed by atoms with Gasteiger partial charge in [-0.3, -0.25) is 0 Å². The Labute approximate surface area is 148 Å². The number of anilines is 2. The van der Waals surface area contributed by atoms with E-state index in [1.54, 1.807) is 31.5 Å². The smallest absolute Gasteiger partial charge is 0.420 e. The summed E-state index contributed by atoms with van der Waals surface area (Å²) in [6, 6.07) is 8.88. The average molecular weight is 344 g/mol. The highest BCUT2D eigenvalue weighted by Crippen LogP contribution is 2.37. The Kier molecular flexibility index (Phi) is 5.51. The topological polar surface area (TPSA) is 60.9 Å². The van der Waals surface area contributed by atoms with Crippen molar-refractivity contribution in [2.45, 2.75) is 33.3 Å². The molecule has 0 radical (unpaired) electrons. The first-order chi connectivity index (χ1) is 11.7. The first-order valence-corrected chi connectivity index (χ1v) is 7.93. The molecule has 6 heteroatoms. The zero-order valence-electron chi connectivity index (χ0n) is 15.5. The molecule has 0 N–H and O–H groups in total. The second-order valence-electron chi connectivity index (χ2n) is 6.54. The van der Waals surface area contributed by atoms with E-state index in [1.165, 1.54) is 12.0 Å². The van der Waals surface area contributed by atoms with Gasteiger partial charge in [-0.05, 0) is 57.5 Å². The van der Waals surface area contributed by atoms with Gasteiger partial charge in [0.15, 0.2) is 0 Å². The summed E-state index contributed by atoms with van der Waals surface area (Å²) in [5.41, 5.74) is 0.862. The molecule has 1 amide bonds. The molecule has 0 atom stereocenters. The summed E-state index contributed by atoms with van der Waals surface area (Å²) in [5, 5.41) is 0. The summed E-state index contributed by atoms with van der Waals surface area (Å²) in [6.07, 6.45) is 1.12. The summed E-state index contributed by atoms with van der Waals surface area (Å²) in [6.45, 7) is 7.39. The summed E-state index contributed by atoms with van der Waals surface area (Å²) in [7, 11) is 3.11. The van der Waals surface area contributed by atoms with Gasteiger partial charge in [0.25, 0.3) is 0 Å². The molecule has 134 valence electrons. The molecule has 0 aliphatic rings. The minimum Gasteiger partial charge on any atom is -0.497 e. The molecule has 2 aromatic rings. The number of methoxy groups -OCH3 is 2. The molecule has 0 saturated heterocycles. The quantitative estimate of drug-likeness (QED) is 0.818.